The molecule has 1 aromatic carbocycles. The third kappa shape index (κ3) is 3.15. The summed E-state index contributed by atoms with van der Waals surface area (Å²) in [5.74, 6) is 0.679. The van der Waals surface area contributed by atoms with Gasteiger partial charge in [-0.05, 0) is 31.2 Å². The van der Waals surface area contributed by atoms with Crippen LogP contribution in [0.5, 0.6) is 0 Å². The number of para-hydroxylation sites is 1. The Morgan fingerprint density at radius 1 is 1.03 bits per heavy atom. The third-order valence-corrected chi connectivity index (χ3v) is 5.08. The number of hydrogen-bond donors (Lipinski definition) is 2. The number of rotatable bonds is 4. The standard InChI is InChI=1S/C21H16ClN7/c1-12(28-21-19-20(25-10-24-19)26-11-27-21)14-9-13-5-4-6-15(22)17(13)29-18(14)16-7-2-3-8-23-16/h2-12H,1H3,(H2,24,25,26,27,28)/t12-/m0/s1. The summed E-state index contributed by atoms with van der Waals surface area (Å²) in [6.07, 6.45) is 4.86. The van der Waals surface area contributed by atoms with Crippen LogP contribution < -0.4 is 5.32 Å². The highest BCUT2D eigenvalue weighted by Gasteiger charge is 2.18. The minimum atomic E-state index is -0.107. The smallest absolute Gasteiger partial charge is 0.182 e. The Labute approximate surface area is 171 Å². The zero-order valence-corrected chi connectivity index (χ0v) is 16.2. The molecule has 4 heterocycles. The summed E-state index contributed by atoms with van der Waals surface area (Å²) >= 11 is 6.40. The van der Waals surface area contributed by atoms with Gasteiger partial charge < -0.3 is 10.3 Å². The molecule has 8 heteroatoms. The van der Waals surface area contributed by atoms with E-state index in [-0.39, 0.29) is 6.04 Å². The lowest BCUT2D eigenvalue weighted by molar-refractivity contribution is 0.872. The van der Waals surface area contributed by atoms with Gasteiger partial charge in [-0.25, -0.2) is 19.9 Å². The van der Waals surface area contributed by atoms with E-state index in [9.17, 15) is 0 Å². The molecule has 0 bridgehead atoms. The van der Waals surface area contributed by atoms with Gasteiger partial charge in [0.2, 0.25) is 0 Å². The molecule has 0 unspecified atom stereocenters. The first-order chi connectivity index (χ1) is 14.2. The first kappa shape index (κ1) is 17.5. The second-order valence-corrected chi connectivity index (χ2v) is 7.05. The molecule has 0 aliphatic carbocycles. The molecule has 1 atom stereocenters. The number of imidazole rings is 1. The average Bonchev–Trinajstić information content (AvgIpc) is 3.24. The van der Waals surface area contributed by atoms with Crippen molar-refractivity contribution in [1.29, 1.82) is 0 Å². The molecule has 0 amide bonds. The van der Waals surface area contributed by atoms with E-state index < -0.39 is 0 Å². The van der Waals surface area contributed by atoms with Gasteiger partial charge in [0.1, 0.15) is 11.8 Å². The van der Waals surface area contributed by atoms with Gasteiger partial charge in [-0.15, -0.1) is 0 Å². The number of pyridine rings is 2. The number of anilines is 1. The highest BCUT2D eigenvalue weighted by atomic mass is 35.5. The summed E-state index contributed by atoms with van der Waals surface area (Å²) in [5, 5.41) is 5.03. The van der Waals surface area contributed by atoms with Gasteiger partial charge in [-0.3, -0.25) is 4.98 Å². The molecule has 0 aliphatic heterocycles. The first-order valence-corrected chi connectivity index (χ1v) is 9.49. The van der Waals surface area contributed by atoms with Crippen LogP contribution in [0.4, 0.5) is 5.82 Å². The Balaban J connectivity index is 1.65. The number of H-pyrrole nitrogens is 1. The number of fused-ring (bicyclic) bond motifs is 2. The van der Waals surface area contributed by atoms with Crippen molar-refractivity contribution in [2.24, 2.45) is 0 Å². The molecule has 4 aromatic heterocycles. The van der Waals surface area contributed by atoms with Crippen molar-refractivity contribution >= 4 is 39.5 Å². The lowest BCUT2D eigenvalue weighted by Gasteiger charge is -2.19. The first-order valence-electron chi connectivity index (χ1n) is 9.12. The van der Waals surface area contributed by atoms with Crippen LogP contribution in [0.25, 0.3) is 33.5 Å². The molecule has 0 radical (unpaired) electrons. The Kier molecular flexibility index (Phi) is 4.29. The summed E-state index contributed by atoms with van der Waals surface area (Å²) in [5.41, 5.74) is 4.68. The fraction of sp³-hybridized carbons (Fsp3) is 0.0952. The average molecular weight is 402 g/mol. The van der Waals surface area contributed by atoms with Gasteiger partial charge in [0, 0.05) is 17.1 Å². The monoisotopic (exact) mass is 401 g/mol. The quantitative estimate of drug-likeness (QED) is 0.449. The Morgan fingerprint density at radius 3 is 2.83 bits per heavy atom. The normalized spacial score (nSPS) is 12.3. The van der Waals surface area contributed by atoms with Crippen molar-refractivity contribution in [3.05, 3.63) is 71.9 Å². The Hall–Kier alpha value is -3.58. The fourth-order valence-electron chi connectivity index (χ4n) is 3.37. The largest absolute Gasteiger partial charge is 0.362 e. The van der Waals surface area contributed by atoms with Crippen molar-refractivity contribution in [2.75, 3.05) is 5.32 Å². The zero-order valence-electron chi connectivity index (χ0n) is 15.5. The van der Waals surface area contributed by atoms with Crippen molar-refractivity contribution in [3.8, 4) is 11.4 Å². The predicted molar refractivity (Wildman–Crippen MR) is 114 cm³/mol. The minimum absolute atomic E-state index is 0.107. The summed E-state index contributed by atoms with van der Waals surface area (Å²) in [6, 6.07) is 13.5. The molecular weight excluding hydrogens is 386 g/mol. The Morgan fingerprint density at radius 2 is 1.97 bits per heavy atom. The van der Waals surface area contributed by atoms with Gasteiger partial charge in [-0.1, -0.05) is 29.8 Å². The maximum absolute atomic E-state index is 6.40. The van der Waals surface area contributed by atoms with E-state index in [2.05, 4.69) is 43.2 Å². The van der Waals surface area contributed by atoms with Crippen LogP contribution >= 0.6 is 11.6 Å². The zero-order chi connectivity index (χ0) is 19.8. The van der Waals surface area contributed by atoms with Crippen LogP contribution in [0.3, 0.4) is 0 Å². The summed E-state index contributed by atoms with van der Waals surface area (Å²) in [7, 11) is 0. The van der Waals surface area contributed by atoms with E-state index in [4.69, 9.17) is 16.6 Å². The van der Waals surface area contributed by atoms with Crippen LogP contribution in [-0.4, -0.2) is 29.9 Å². The molecule has 142 valence electrons. The molecule has 0 spiro atoms. The van der Waals surface area contributed by atoms with Crippen molar-refractivity contribution in [1.82, 2.24) is 29.9 Å². The van der Waals surface area contributed by atoms with E-state index in [1.165, 1.54) is 6.33 Å². The third-order valence-electron chi connectivity index (χ3n) is 4.78. The molecule has 5 rings (SSSR count). The molecule has 0 fully saturated rings. The van der Waals surface area contributed by atoms with Crippen molar-refractivity contribution < 1.29 is 0 Å². The number of benzene rings is 1. The van der Waals surface area contributed by atoms with Gasteiger partial charge in [0.15, 0.2) is 11.5 Å². The second kappa shape index (κ2) is 7.10. The van der Waals surface area contributed by atoms with Crippen LogP contribution in [-0.2, 0) is 0 Å². The van der Waals surface area contributed by atoms with E-state index in [0.717, 1.165) is 33.4 Å². The van der Waals surface area contributed by atoms with Crippen LogP contribution in [0.1, 0.15) is 18.5 Å². The Bertz CT molecular complexity index is 1320. The molecule has 0 aliphatic rings. The lowest BCUT2D eigenvalue weighted by Crippen LogP contribution is -2.11. The number of hydrogen-bond acceptors (Lipinski definition) is 6. The van der Waals surface area contributed by atoms with Gasteiger partial charge >= 0.3 is 0 Å². The van der Waals surface area contributed by atoms with Crippen LogP contribution in [0.2, 0.25) is 5.02 Å². The fourth-order valence-corrected chi connectivity index (χ4v) is 3.60. The van der Waals surface area contributed by atoms with Gasteiger partial charge in [0.05, 0.1) is 34.3 Å². The molecule has 2 N–H and O–H groups in total. The van der Waals surface area contributed by atoms with Crippen LogP contribution in [0.15, 0.2) is 61.3 Å². The highest BCUT2D eigenvalue weighted by molar-refractivity contribution is 6.35. The summed E-state index contributed by atoms with van der Waals surface area (Å²) in [4.78, 5) is 25.2. The van der Waals surface area contributed by atoms with Gasteiger partial charge in [0.25, 0.3) is 0 Å². The molecule has 7 nitrogen and oxygen atoms in total. The number of aromatic amines is 1. The molecule has 0 saturated carbocycles. The molecule has 5 aromatic rings. The second-order valence-electron chi connectivity index (χ2n) is 6.64. The summed E-state index contributed by atoms with van der Waals surface area (Å²) < 4.78 is 0. The highest BCUT2D eigenvalue weighted by Crippen LogP contribution is 2.33. The van der Waals surface area contributed by atoms with E-state index in [1.54, 1.807) is 12.5 Å². The number of halogens is 1. The SMILES string of the molecule is C[C@H](Nc1ncnc2nc[nH]c12)c1cc2cccc(Cl)c2nc1-c1ccccn1. The molecule has 29 heavy (non-hydrogen) atoms. The topological polar surface area (TPSA) is 92.3 Å². The predicted octanol–water partition coefficient (Wildman–Crippen LogP) is 4.79. The lowest BCUT2D eigenvalue weighted by atomic mass is 10.0. The maximum atomic E-state index is 6.40. The maximum Gasteiger partial charge on any atom is 0.182 e. The molecular formula is C21H16ClN7. The van der Waals surface area contributed by atoms with Crippen molar-refractivity contribution in [2.45, 2.75) is 13.0 Å². The van der Waals surface area contributed by atoms with Crippen LogP contribution in [0, 0.1) is 0 Å². The minimum Gasteiger partial charge on any atom is -0.362 e. The number of nitrogens with zero attached hydrogens (tertiary/aromatic N) is 5. The number of nitrogens with one attached hydrogen (secondary N) is 2. The summed E-state index contributed by atoms with van der Waals surface area (Å²) in [6.45, 7) is 2.06. The number of aromatic nitrogens is 6. The van der Waals surface area contributed by atoms with E-state index >= 15 is 0 Å². The molecule has 0 saturated heterocycles. The van der Waals surface area contributed by atoms with Crippen molar-refractivity contribution in [3.63, 3.8) is 0 Å². The van der Waals surface area contributed by atoms with E-state index in [1.807, 2.05) is 36.4 Å². The van der Waals surface area contributed by atoms with Gasteiger partial charge in [-0.2, -0.15) is 0 Å². The van der Waals surface area contributed by atoms with E-state index in [0.29, 0.717) is 16.5 Å².